The maximum absolute atomic E-state index is 13.3. The third kappa shape index (κ3) is 2.84. The zero-order valence-electron chi connectivity index (χ0n) is 10.7. The van der Waals surface area contributed by atoms with Gasteiger partial charge in [-0.1, -0.05) is 0 Å². The lowest BCUT2D eigenvalue weighted by atomic mass is 10.0. The van der Waals surface area contributed by atoms with Gasteiger partial charge < -0.3 is 5.73 Å². The predicted molar refractivity (Wildman–Crippen MR) is 73.9 cm³/mol. The minimum absolute atomic E-state index is 0.0195. The maximum atomic E-state index is 13.3. The number of aromatic nitrogens is 1. The first-order valence-corrected chi connectivity index (χ1v) is 5.79. The van der Waals surface area contributed by atoms with E-state index in [1.807, 2.05) is 6.07 Å². The van der Waals surface area contributed by atoms with Gasteiger partial charge in [0.15, 0.2) is 0 Å². The van der Waals surface area contributed by atoms with Gasteiger partial charge in [0.25, 0.3) is 5.69 Å². The normalized spacial score (nSPS) is 11.4. The molecule has 7 heteroatoms. The Bertz CT molecular complexity index is 766. The number of allylic oxidation sites excluding steroid dienone is 1. The van der Waals surface area contributed by atoms with Crippen molar-refractivity contribution >= 4 is 17.0 Å². The molecule has 0 saturated heterocycles. The molecule has 0 bridgehead atoms. The van der Waals surface area contributed by atoms with Crippen LogP contribution in [0.1, 0.15) is 11.1 Å². The average Bonchev–Trinajstić information content (AvgIpc) is 2.48. The summed E-state index contributed by atoms with van der Waals surface area (Å²) < 4.78 is 13.3. The molecule has 0 spiro atoms. The topological polar surface area (TPSA) is 106 Å². The summed E-state index contributed by atoms with van der Waals surface area (Å²) in [4.78, 5) is 14.1. The van der Waals surface area contributed by atoms with Crippen LogP contribution < -0.4 is 5.73 Å². The van der Waals surface area contributed by atoms with E-state index < -0.39 is 10.7 Å². The number of rotatable bonds is 3. The van der Waals surface area contributed by atoms with Gasteiger partial charge in [-0.3, -0.25) is 15.1 Å². The molecule has 2 aromatic rings. The van der Waals surface area contributed by atoms with Gasteiger partial charge in [-0.05, 0) is 29.8 Å². The van der Waals surface area contributed by atoms with Crippen LogP contribution in [0.5, 0.6) is 0 Å². The summed E-state index contributed by atoms with van der Waals surface area (Å²) in [6.45, 7) is 0. The fourth-order valence-corrected chi connectivity index (χ4v) is 1.82. The molecule has 0 saturated carbocycles. The lowest BCUT2D eigenvalue weighted by molar-refractivity contribution is -0.385. The molecule has 0 aliphatic rings. The van der Waals surface area contributed by atoms with Crippen LogP contribution in [0.4, 0.5) is 10.1 Å². The van der Waals surface area contributed by atoms with Gasteiger partial charge in [0.05, 0.1) is 21.8 Å². The Morgan fingerprint density at radius 2 is 2.00 bits per heavy atom. The molecule has 0 radical (unpaired) electrons. The van der Waals surface area contributed by atoms with Gasteiger partial charge in [0.2, 0.25) is 0 Å². The minimum Gasteiger partial charge on any atom is -0.397 e. The summed E-state index contributed by atoms with van der Waals surface area (Å²) in [5.74, 6) is -0.675. The largest absolute Gasteiger partial charge is 0.397 e. The molecule has 0 amide bonds. The second kappa shape index (κ2) is 5.79. The lowest BCUT2D eigenvalue weighted by Crippen LogP contribution is -2.05. The molecule has 104 valence electrons. The second-order valence-electron chi connectivity index (χ2n) is 4.05. The van der Waals surface area contributed by atoms with Crippen LogP contribution in [0.2, 0.25) is 0 Å². The van der Waals surface area contributed by atoms with Gasteiger partial charge in [-0.2, -0.15) is 5.26 Å². The lowest BCUT2D eigenvalue weighted by Gasteiger charge is -2.07. The highest BCUT2D eigenvalue weighted by atomic mass is 19.1. The average molecular weight is 284 g/mol. The molecule has 1 aromatic carbocycles. The van der Waals surface area contributed by atoms with E-state index in [0.29, 0.717) is 5.56 Å². The molecular weight excluding hydrogens is 275 g/mol. The van der Waals surface area contributed by atoms with Crippen LogP contribution in [0.3, 0.4) is 0 Å². The summed E-state index contributed by atoms with van der Waals surface area (Å²) >= 11 is 0. The van der Waals surface area contributed by atoms with Crippen LogP contribution in [-0.2, 0) is 0 Å². The molecule has 21 heavy (non-hydrogen) atoms. The molecule has 0 aliphatic carbocycles. The molecular formula is C14H9FN4O2. The Kier molecular flexibility index (Phi) is 3.90. The van der Waals surface area contributed by atoms with Crippen molar-refractivity contribution in [1.82, 2.24) is 4.98 Å². The standard InChI is InChI=1S/C14H9FN4O2/c15-10-1-2-13(19(20)21)11(7-10)14(17)12(8-16)9-3-5-18-6-4-9/h1-7H,17H2/b14-12-. The van der Waals surface area contributed by atoms with E-state index in [4.69, 9.17) is 5.73 Å². The number of nitro groups is 1. The Balaban J connectivity index is 2.70. The van der Waals surface area contributed by atoms with Crippen LogP contribution in [0, 0.1) is 27.3 Å². The molecule has 1 aromatic heterocycles. The van der Waals surface area contributed by atoms with Gasteiger partial charge in [-0.25, -0.2) is 4.39 Å². The minimum atomic E-state index is -0.677. The first kappa shape index (κ1) is 14.1. The number of nitrogens with zero attached hydrogens (tertiary/aromatic N) is 3. The molecule has 2 N–H and O–H groups in total. The number of nitrogens with two attached hydrogens (primary N) is 1. The van der Waals surface area contributed by atoms with Crippen molar-refractivity contribution in [3.05, 3.63) is 69.8 Å². The monoisotopic (exact) mass is 284 g/mol. The zero-order valence-corrected chi connectivity index (χ0v) is 10.7. The number of nitriles is 1. The highest BCUT2D eigenvalue weighted by Gasteiger charge is 2.19. The molecule has 1 heterocycles. The molecule has 2 rings (SSSR count). The van der Waals surface area contributed by atoms with E-state index in [2.05, 4.69) is 4.98 Å². The van der Waals surface area contributed by atoms with E-state index in [1.54, 1.807) is 0 Å². The van der Waals surface area contributed by atoms with Crippen molar-refractivity contribution in [1.29, 1.82) is 5.26 Å². The summed E-state index contributed by atoms with van der Waals surface area (Å²) in [5.41, 5.74) is 5.67. The number of hydrogen-bond acceptors (Lipinski definition) is 5. The first-order valence-electron chi connectivity index (χ1n) is 5.79. The van der Waals surface area contributed by atoms with E-state index >= 15 is 0 Å². The number of benzene rings is 1. The van der Waals surface area contributed by atoms with Crippen LogP contribution in [0.15, 0.2) is 42.7 Å². The molecule has 0 aliphatic heterocycles. The van der Waals surface area contributed by atoms with E-state index in [9.17, 15) is 19.8 Å². The number of halogens is 1. The highest BCUT2D eigenvalue weighted by molar-refractivity contribution is 5.97. The quantitative estimate of drug-likeness (QED) is 0.529. The fraction of sp³-hybridized carbons (Fsp3) is 0. The molecule has 0 unspecified atom stereocenters. The second-order valence-corrected chi connectivity index (χ2v) is 4.05. The van der Waals surface area contributed by atoms with Crippen molar-refractivity contribution < 1.29 is 9.31 Å². The Morgan fingerprint density at radius 1 is 1.33 bits per heavy atom. The zero-order chi connectivity index (χ0) is 15.4. The Morgan fingerprint density at radius 3 is 2.57 bits per heavy atom. The highest BCUT2D eigenvalue weighted by Crippen LogP contribution is 2.29. The first-order chi connectivity index (χ1) is 10.0. The van der Waals surface area contributed by atoms with Crippen molar-refractivity contribution in [3.8, 4) is 6.07 Å². The Hall–Kier alpha value is -3.27. The number of hydrogen-bond donors (Lipinski definition) is 1. The van der Waals surface area contributed by atoms with E-state index in [-0.39, 0.29) is 22.5 Å². The number of pyridine rings is 1. The summed E-state index contributed by atoms with van der Waals surface area (Å²) in [6.07, 6.45) is 2.92. The van der Waals surface area contributed by atoms with E-state index in [0.717, 1.165) is 18.2 Å². The van der Waals surface area contributed by atoms with Crippen molar-refractivity contribution in [2.75, 3.05) is 0 Å². The summed E-state index contributed by atoms with van der Waals surface area (Å²) in [5, 5.41) is 20.2. The smallest absolute Gasteiger partial charge is 0.278 e. The van der Waals surface area contributed by atoms with Crippen molar-refractivity contribution in [2.45, 2.75) is 0 Å². The van der Waals surface area contributed by atoms with Crippen LogP contribution in [-0.4, -0.2) is 9.91 Å². The fourth-order valence-electron chi connectivity index (χ4n) is 1.82. The van der Waals surface area contributed by atoms with Gasteiger partial charge in [0, 0.05) is 18.5 Å². The van der Waals surface area contributed by atoms with Crippen molar-refractivity contribution in [3.63, 3.8) is 0 Å². The van der Waals surface area contributed by atoms with Crippen LogP contribution >= 0.6 is 0 Å². The number of nitro benzene ring substituents is 1. The maximum Gasteiger partial charge on any atom is 0.278 e. The Labute approximate surface area is 119 Å². The summed E-state index contributed by atoms with van der Waals surface area (Å²) in [7, 11) is 0. The third-order valence-corrected chi connectivity index (χ3v) is 2.80. The molecule has 0 atom stereocenters. The van der Waals surface area contributed by atoms with Gasteiger partial charge >= 0.3 is 0 Å². The predicted octanol–water partition coefficient (Wildman–Crippen LogP) is 2.48. The van der Waals surface area contributed by atoms with Crippen molar-refractivity contribution in [2.24, 2.45) is 5.73 Å². The van der Waals surface area contributed by atoms with Gasteiger partial charge in [0.1, 0.15) is 11.9 Å². The van der Waals surface area contributed by atoms with E-state index in [1.165, 1.54) is 24.5 Å². The SMILES string of the molecule is N#C/C(=C(/N)c1cc(F)ccc1[N+](=O)[O-])c1ccncc1. The molecule has 6 nitrogen and oxygen atoms in total. The van der Waals surface area contributed by atoms with Gasteiger partial charge in [-0.15, -0.1) is 0 Å². The molecule has 0 fully saturated rings. The van der Waals surface area contributed by atoms with Crippen LogP contribution in [0.25, 0.3) is 11.3 Å². The third-order valence-electron chi connectivity index (χ3n) is 2.80. The summed E-state index contributed by atoms with van der Waals surface area (Å²) in [6, 6.07) is 7.88.